The van der Waals surface area contributed by atoms with Crippen molar-refractivity contribution in [3.63, 3.8) is 0 Å². The Balaban J connectivity index is 1.48. The fraction of sp³-hybridized carbons (Fsp3) is 0.286. The van der Waals surface area contributed by atoms with Gasteiger partial charge in [0.2, 0.25) is 0 Å². The topological polar surface area (TPSA) is 146 Å². The van der Waals surface area contributed by atoms with E-state index in [9.17, 15) is 24.9 Å². The Bertz CT molecular complexity index is 1340. The van der Waals surface area contributed by atoms with E-state index in [-0.39, 0.29) is 76.1 Å². The molecule has 5 N–H and O–H groups in total. The number of aliphatic hydroxyl groups is 2. The smallest absolute Gasteiger partial charge is 0.337 e. The van der Waals surface area contributed by atoms with Gasteiger partial charge in [-0.05, 0) is 48.4 Å². The lowest BCUT2D eigenvalue weighted by molar-refractivity contribution is -0.136. The van der Waals surface area contributed by atoms with E-state index >= 15 is 0 Å². The SMILES string of the molecule is O=C(O)CCc1cc(Cl)c(OCCC(O)C(O)CCOc2c(Cl)cc(Nc3ccccc3C(=O)O)cc2Cl)c(Cl)c1. The van der Waals surface area contributed by atoms with Crippen LogP contribution in [0.15, 0.2) is 48.5 Å². The molecule has 3 rings (SSSR count). The van der Waals surface area contributed by atoms with Crippen LogP contribution in [-0.4, -0.2) is 57.8 Å². The molecule has 0 aliphatic rings. The largest absolute Gasteiger partial charge is 0.490 e. The fourth-order valence-electron chi connectivity index (χ4n) is 3.80. The molecule has 3 aromatic carbocycles. The van der Waals surface area contributed by atoms with Crippen LogP contribution in [0.1, 0.15) is 35.2 Å². The van der Waals surface area contributed by atoms with E-state index in [1.165, 1.54) is 18.2 Å². The summed E-state index contributed by atoms with van der Waals surface area (Å²) in [6.45, 7) is -0.00721. The average Bonchev–Trinajstić information content (AvgIpc) is 2.90. The van der Waals surface area contributed by atoms with Crippen molar-refractivity contribution in [1.29, 1.82) is 0 Å². The molecule has 0 aliphatic heterocycles. The van der Waals surface area contributed by atoms with Crippen molar-refractivity contribution < 1.29 is 39.5 Å². The quantitative estimate of drug-likeness (QED) is 0.121. The molecule has 0 aliphatic carbocycles. The molecule has 13 heteroatoms. The summed E-state index contributed by atoms with van der Waals surface area (Å²) in [6.07, 6.45) is -1.97. The molecule has 0 heterocycles. The number of nitrogens with one attached hydrogen (secondary N) is 1. The van der Waals surface area contributed by atoms with E-state index in [2.05, 4.69) is 5.32 Å². The maximum absolute atomic E-state index is 11.4. The number of carboxylic acid groups (broad SMARTS) is 2. The van der Waals surface area contributed by atoms with Gasteiger partial charge >= 0.3 is 11.9 Å². The molecule has 0 saturated carbocycles. The van der Waals surface area contributed by atoms with E-state index in [4.69, 9.17) is 61.0 Å². The van der Waals surface area contributed by atoms with Crippen molar-refractivity contribution in [2.75, 3.05) is 18.5 Å². The number of aliphatic carboxylic acids is 1. The van der Waals surface area contributed by atoms with Crippen molar-refractivity contribution >= 4 is 69.7 Å². The summed E-state index contributed by atoms with van der Waals surface area (Å²) in [5.41, 5.74) is 1.54. The van der Waals surface area contributed by atoms with Gasteiger partial charge < -0.3 is 35.2 Å². The van der Waals surface area contributed by atoms with Crippen LogP contribution < -0.4 is 14.8 Å². The lowest BCUT2D eigenvalue weighted by Gasteiger charge is -2.19. The first-order valence-corrected chi connectivity index (χ1v) is 13.9. The van der Waals surface area contributed by atoms with Crippen LogP contribution in [-0.2, 0) is 11.2 Å². The summed E-state index contributed by atoms with van der Waals surface area (Å²) in [5, 5.41) is 42.6. The summed E-state index contributed by atoms with van der Waals surface area (Å²) < 4.78 is 11.2. The average molecular weight is 647 g/mol. The van der Waals surface area contributed by atoms with Crippen molar-refractivity contribution in [2.45, 2.75) is 37.9 Å². The van der Waals surface area contributed by atoms with Crippen molar-refractivity contribution in [1.82, 2.24) is 0 Å². The van der Waals surface area contributed by atoms with Gasteiger partial charge in [0.05, 0.1) is 56.8 Å². The van der Waals surface area contributed by atoms with Gasteiger partial charge in [-0.15, -0.1) is 0 Å². The van der Waals surface area contributed by atoms with Crippen molar-refractivity contribution in [3.05, 3.63) is 79.7 Å². The predicted molar refractivity (Wildman–Crippen MR) is 158 cm³/mol. The maximum atomic E-state index is 11.4. The summed E-state index contributed by atoms with van der Waals surface area (Å²) in [4.78, 5) is 22.2. The molecule has 0 bridgehead atoms. The number of aliphatic hydroxyl groups excluding tert-OH is 2. The number of carboxylic acids is 2. The van der Waals surface area contributed by atoms with Gasteiger partial charge in [-0.2, -0.15) is 0 Å². The highest BCUT2D eigenvalue weighted by Crippen LogP contribution is 2.38. The first-order valence-electron chi connectivity index (χ1n) is 12.4. The van der Waals surface area contributed by atoms with Crippen molar-refractivity contribution in [3.8, 4) is 11.5 Å². The van der Waals surface area contributed by atoms with Crippen LogP contribution in [0.5, 0.6) is 11.5 Å². The summed E-state index contributed by atoms with van der Waals surface area (Å²) in [7, 11) is 0. The van der Waals surface area contributed by atoms with Crippen LogP contribution in [0.25, 0.3) is 0 Å². The third kappa shape index (κ3) is 9.56. The molecule has 0 radical (unpaired) electrons. The zero-order chi connectivity index (χ0) is 30.1. The van der Waals surface area contributed by atoms with Crippen molar-refractivity contribution in [2.24, 2.45) is 0 Å². The minimum absolute atomic E-state index is 0.00409. The number of ether oxygens (including phenoxy) is 2. The second-order valence-corrected chi connectivity index (χ2v) is 10.6. The Morgan fingerprint density at radius 1 is 0.780 bits per heavy atom. The van der Waals surface area contributed by atoms with Crippen LogP contribution in [0.3, 0.4) is 0 Å². The summed E-state index contributed by atoms with van der Waals surface area (Å²) >= 11 is 25.1. The van der Waals surface area contributed by atoms with Gasteiger partial charge in [-0.25, -0.2) is 4.79 Å². The lowest BCUT2D eigenvalue weighted by Crippen LogP contribution is -2.29. The van der Waals surface area contributed by atoms with Crippen LogP contribution in [0.4, 0.5) is 11.4 Å². The van der Waals surface area contributed by atoms with Gasteiger partial charge in [-0.3, -0.25) is 4.79 Å². The molecule has 9 nitrogen and oxygen atoms in total. The molecule has 3 aromatic rings. The number of aromatic carboxylic acids is 1. The number of halogens is 4. The Morgan fingerprint density at radius 3 is 1.76 bits per heavy atom. The van der Waals surface area contributed by atoms with Gasteiger partial charge in [0, 0.05) is 24.9 Å². The molecular formula is C28H27Cl4NO8. The highest BCUT2D eigenvalue weighted by molar-refractivity contribution is 6.38. The summed E-state index contributed by atoms with van der Waals surface area (Å²) in [5.74, 6) is -1.65. The van der Waals surface area contributed by atoms with E-state index < -0.39 is 24.1 Å². The van der Waals surface area contributed by atoms with E-state index in [0.717, 1.165) is 0 Å². The Morgan fingerprint density at radius 2 is 1.27 bits per heavy atom. The van der Waals surface area contributed by atoms with Crippen LogP contribution >= 0.6 is 46.4 Å². The molecule has 0 amide bonds. The lowest BCUT2D eigenvalue weighted by atomic mass is 10.1. The Labute approximate surface area is 256 Å². The second kappa shape index (κ2) is 15.3. The highest BCUT2D eigenvalue weighted by atomic mass is 35.5. The van der Waals surface area contributed by atoms with Crippen LogP contribution in [0, 0.1) is 0 Å². The normalized spacial score (nSPS) is 12.4. The predicted octanol–water partition coefficient (Wildman–Crippen LogP) is 6.72. The van der Waals surface area contributed by atoms with Gasteiger partial charge in [0.1, 0.15) is 0 Å². The molecule has 0 saturated heterocycles. The number of anilines is 2. The number of para-hydroxylation sites is 1. The third-order valence-corrected chi connectivity index (χ3v) is 7.01. The first-order chi connectivity index (χ1) is 19.5. The molecule has 0 fully saturated rings. The standard InChI is InChI=1S/C28H27Cl4NO8/c29-18-11-15(5-6-25(36)37)12-19(30)26(18)40-9-7-23(34)24(35)8-10-41-27-20(31)13-16(14-21(27)32)33-22-4-2-1-3-17(22)28(38)39/h1-4,11-14,23-24,33-35H,5-10H2,(H,36,37)(H,38,39). The minimum atomic E-state index is -1.14. The van der Waals surface area contributed by atoms with E-state index in [0.29, 0.717) is 16.9 Å². The number of hydrogen-bond acceptors (Lipinski definition) is 7. The van der Waals surface area contributed by atoms with Gasteiger partial charge in [-0.1, -0.05) is 58.5 Å². The molecule has 0 spiro atoms. The fourth-order valence-corrected chi connectivity index (χ4v) is 5.04. The molecule has 220 valence electrons. The third-order valence-electron chi connectivity index (χ3n) is 5.88. The van der Waals surface area contributed by atoms with E-state index in [1.807, 2.05) is 0 Å². The number of rotatable bonds is 15. The number of hydrogen-bond donors (Lipinski definition) is 5. The first kappa shape index (κ1) is 32.6. The zero-order valence-corrected chi connectivity index (χ0v) is 24.5. The van der Waals surface area contributed by atoms with Crippen LogP contribution in [0.2, 0.25) is 20.1 Å². The molecule has 2 atom stereocenters. The summed E-state index contributed by atoms with van der Waals surface area (Å²) in [6, 6.07) is 12.6. The number of carbonyl (C=O) groups is 2. The molecule has 2 unspecified atom stereocenters. The monoisotopic (exact) mass is 645 g/mol. The highest BCUT2D eigenvalue weighted by Gasteiger charge is 2.19. The zero-order valence-electron chi connectivity index (χ0n) is 21.4. The molecule has 0 aromatic heterocycles. The Kier molecular flexibility index (Phi) is 12.2. The number of aryl methyl sites for hydroxylation is 1. The molecule has 41 heavy (non-hydrogen) atoms. The number of benzene rings is 3. The maximum Gasteiger partial charge on any atom is 0.337 e. The second-order valence-electron chi connectivity index (χ2n) is 8.94. The Hall–Kier alpha value is -2.92. The van der Waals surface area contributed by atoms with E-state index in [1.54, 1.807) is 30.3 Å². The minimum Gasteiger partial charge on any atom is -0.490 e. The van der Waals surface area contributed by atoms with Gasteiger partial charge in [0.25, 0.3) is 0 Å². The molecular weight excluding hydrogens is 620 g/mol. The van der Waals surface area contributed by atoms with Gasteiger partial charge in [0.15, 0.2) is 11.5 Å².